The van der Waals surface area contributed by atoms with Gasteiger partial charge in [0.2, 0.25) is 0 Å². The van der Waals surface area contributed by atoms with Crippen molar-refractivity contribution in [3.8, 4) is 22.6 Å². The van der Waals surface area contributed by atoms with Crippen molar-refractivity contribution in [1.29, 1.82) is 0 Å². The molecule has 5 nitrogen and oxygen atoms in total. The lowest BCUT2D eigenvalue weighted by Crippen LogP contribution is -2.43. The van der Waals surface area contributed by atoms with Gasteiger partial charge in [-0.05, 0) is 48.7 Å². The Morgan fingerprint density at radius 3 is 2.73 bits per heavy atom. The molecule has 0 saturated carbocycles. The predicted molar refractivity (Wildman–Crippen MR) is 101 cm³/mol. The first-order valence-electron chi connectivity index (χ1n) is 8.82. The maximum absolute atomic E-state index is 11.2. The molecular weight excluding hydrogens is 330 g/mol. The van der Waals surface area contributed by atoms with Gasteiger partial charge in [-0.2, -0.15) is 0 Å². The van der Waals surface area contributed by atoms with E-state index in [0.717, 1.165) is 33.8 Å². The molecule has 3 rings (SSSR count). The van der Waals surface area contributed by atoms with Gasteiger partial charge in [0.15, 0.2) is 0 Å². The van der Waals surface area contributed by atoms with Gasteiger partial charge in [-0.1, -0.05) is 32.0 Å². The normalized spacial score (nSPS) is 17.8. The van der Waals surface area contributed by atoms with Crippen LogP contribution < -0.4 is 14.8 Å². The Labute approximate surface area is 153 Å². The summed E-state index contributed by atoms with van der Waals surface area (Å²) in [6, 6.07) is 11.7. The number of benzene rings is 2. The molecule has 1 aliphatic heterocycles. The Morgan fingerprint density at radius 2 is 2.08 bits per heavy atom. The van der Waals surface area contributed by atoms with Crippen molar-refractivity contribution in [1.82, 2.24) is 5.32 Å². The Hall–Kier alpha value is -2.69. The molecule has 2 N–H and O–H groups in total. The van der Waals surface area contributed by atoms with Crippen LogP contribution in [0, 0.1) is 12.3 Å². The van der Waals surface area contributed by atoms with Gasteiger partial charge in [0.25, 0.3) is 0 Å². The summed E-state index contributed by atoms with van der Waals surface area (Å²) in [5.74, 6) is 1.59. The average Bonchev–Trinajstić information content (AvgIpc) is 2.57. The Morgan fingerprint density at radius 1 is 1.31 bits per heavy atom. The Balaban J connectivity index is 1.98. The van der Waals surface area contributed by atoms with Gasteiger partial charge in [0.1, 0.15) is 11.5 Å². The summed E-state index contributed by atoms with van der Waals surface area (Å²) < 4.78 is 11.5. The number of amides is 1. The number of nitrogens with one attached hydrogen (secondary N) is 1. The maximum Gasteiger partial charge on any atom is 0.405 e. The molecular formula is C21H25NO4. The van der Waals surface area contributed by atoms with E-state index in [9.17, 15) is 9.90 Å². The summed E-state index contributed by atoms with van der Waals surface area (Å²) in [5.41, 5.74) is 3.82. The van der Waals surface area contributed by atoms with Gasteiger partial charge < -0.3 is 19.9 Å². The molecule has 0 aliphatic carbocycles. The summed E-state index contributed by atoms with van der Waals surface area (Å²) >= 11 is 0. The molecule has 138 valence electrons. The maximum atomic E-state index is 11.2. The second kappa shape index (κ2) is 6.90. The highest BCUT2D eigenvalue weighted by atomic mass is 16.5. The molecule has 1 amide bonds. The molecule has 5 heteroatoms. The molecule has 0 bridgehead atoms. The average molecular weight is 355 g/mol. The highest BCUT2D eigenvalue weighted by molar-refractivity contribution is 5.71. The minimum atomic E-state index is -1.03. The lowest BCUT2D eigenvalue weighted by atomic mass is 9.78. The van der Waals surface area contributed by atoms with Crippen LogP contribution in [0.3, 0.4) is 0 Å². The number of rotatable bonds is 4. The van der Waals surface area contributed by atoms with E-state index in [1.165, 1.54) is 0 Å². The number of aryl methyl sites for hydroxylation is 1. The SMILES string of the molecule is CCOc1ccc(-c2ccc3c(c2)OCC(C)(C)C3NC(=O)O)c(C)c1. The van der Waals surface area contributed by atoms with E-state index < -0.39 is 6.09 Å². The second-order valence-electron chi connectivity index (χ2n) is 7.32. The predicted octanol–water partition coefficient (Wildman–Crippen LogP) is 4.79. The summed E-state index contributed by atoms with van der Waals surface area (Å²) in [7, 11) is 0. The van der Waals surface area contributed by atoms with E-state index in [-0.39, 0.29) is 11.5 Å². The zero-order valence-corrected chi connectivity index (χ0v) is 15.6. The molecule has 1 atom stereocenters. The van der Waals surface area contributed by atoms with Crippen LogP contribution in [0.25, 0.3) is 11.1 Å². The third-order valence-electron chi connectivity index (χ3n) is 4.79. The van der Waals surface area contributed by atoms with E-state index in [0.29, 0.717) is 13.2 Å². The van der Waals surface area contributed by atoms with E-state index >= 15 is 0 Å². The van der Waals surface area contributed by atoms with Crippen LogP contribution in [-0.2, 0) is 0 Å². The minimum Gasteiger partial charge on any atom is -0.494 e. The molecule has 1 unspecified atom stereocenters. The second-order valence-corrected chi connectivity index (χ2v) is 7.32. The summed E-state index contributed by atoms with van der Waals surface area (Å²) in [4.78, 5) is 11.2. The highest BCUT2D eigenvalue weighted by Gasteiger charge is 2.38. The smallest absolute Gasteiger partial charge is 0.405 e. The lowest BCUT2D eigenvalue weighted by Gasteiger charge is -2.39. The van der Waals surface area contributed by atoms with Crippen molar-refractivity contribution < 1.29 is 19.4 Å². The number of ether oxygens (including phenoxy) is 2. The fraction of sp³-hybridized carbons (Fsp3) is 0.381. The standard InChI is InChI=1S/C21H25NO4/c1-5-25-15-7-9-16(13(2)10-15)14-6-8-17-18(11-14)26-12-21(3,4)19(17)22-20(23)24/h6-11,19,22H,5,12H2,1-4H3,(H,23,24). The largest absolute Gasteiger partial charge is 0.494 e. The zero-order chi connectivity index (χ0) is 18.9. The molecule has 0 radical (unpaired) electrons. The Kier molecular flexibility index (Phi) is 4.81. The van der Waals surface area contributed by atoms with Crippen LogP contribution in [0.15, 0.2) is 36.4 Å². The lowest BCUT2D eigenvalue weighted by molar-refractivity contribution is 0.0996. The van der Waals surface area contributed by atoms with Gasteiger partial charge in [-0.3, -0.25) is 0 Å². The van der Waals surface area contributed by atoms with E-state index in [4.69, 9.17) is 9.47 Å². The van der Waals surface area contributed by atoms with Crippen molar-refractivity contribution in [2.45, 2.75) is 33.7 Å². The topological polar surface area (TPSA) is 67.8 Å². The molecule has 1 heterocycles. The number of hydrogen-bond acceptors (Lipinski definition) is 3. The molecule has 2 aromatic carbocycles. The molecule has 2 aromatic rings. The van der Waals surface area contributed by atoms with Gasteiger partial charge in [0.05, 0.1) is 19.3 Å². The zero-order valence-electron chi connectivity index (χ0n) is 15.6. The number of carbonyl (C=O) groups is 1. The third kappa shape index (κ3) is 3.47. The van der Waals surface area contributed by atoms with Crippen LogP contribution >= 0.6 is 0 Å². The van der Waals surface area contributed by atoms with Crippen molar-refractivity contribution in [2.75, 3.05) is 13.2 Å². The molecule has 0 saturated heterocycles. The van der Waals surface area contributed by atoms with Crippen LogP contribution in [-0.4, -0.2) is 24.4 Å². The summed E-state index contributed by atoms with van der Waals surface area (Å²) in [6.07, 6.45) is -1.03. The molecule has 0 aromatic heterocycles. The molecule has 26 heavy (non-hydrogen) atoms. The Bertz CT molecular complexity index is 829. The molecule has 0 spiro atoms. The van der Waals surface area contributed by atoms with Gasteiger partial charge >= 0.3 is 6.09 Å². The molecule has 0 fully saturated rings. The number of fused-ring (bicyclic) bond motifs is 1. The quantitative estimate of drug-likeness (QED) is 0.827. The van der Waals surface area contributed by atoms with Crippen molar-refractivity contribution >= 4 is 6.09 Å². The molecule has 1 aliphatic rings. The van der Waals surface area contributed by atoms with Crippen molar-refractivity contribution in [3.63, 3.8) is 0 Å². The monoisotopic (exact) mass is 355 g/mol. The minimum absolute atomic E-state index is 0.306. The van der Waals surface area contributed by atoms with E-state index in [2.05, 4.69) is 12.2 Å². The first kappa shape index (κ1) is 18.1. The third-order valence-corrected chi connectivity index (χ3v) is 4.79. The first-order valence-corrected chi connectivity index (χ1v) is 8.82. The van der Waals surface area contributed by atoms with Crippen LogP contribution in [0.4, 0.5) is 4.79 Å². The van der Waals surface area contributed by atoms with Crippen molar-refractivity contribution in [3.05, 3.63) is 47.5 Å². The van der Waals surface area contributed by atoms with Crippen molar-refractivity contribution in [2.24, 2.45) is 5.41 Å². The summed E-state index contributed by atoms with van der Waals surface area (Å²) in [6.45, 7) is 9.11. The highest BCUT2D eigenvalue weighted by Crippen LogP contribution is 2.44. The fourth-order valence-electron chi connectivity index (χ4n) is 3.45. The van der Waals surface area contributed by atoms with Crippen LogP contribution in [0.5, 0.6) is 11.5 Å². The summed E-state index contributed by atoms with van der Waals surface area (Å²) in [5, 5.41) is 11.8. The van der Waals surface area contributed by atoms with Gasteiger partial charge in [-0.25, -0.2) is 4.79 Å². The van der Waals surface area contributed by atoms with E-state index in [1.807, 2.05) is 57.2 Å². The number of hydrogen-bond donors (Lipinski definition) is 2. The first-order chi connectivity index (χ1) is 12.3. The van der Waals surface area contributed by atoms with Crippen LogP contribution in [0.1, 0.15) is 37.9 Å². The van der Waals surface area contributed by atoms with Crippen LogP contribution in [0.2, 0.25) is 0 Å². The van der Waals surface area contributed by atoms with Gasteiger partial charge in [-0.15, -0.1) is 0 Å². The fourth-order valence-corrected chi connectivity index (χ4v) is 3.45. The van der Waals surface area contributed by atoms with Gasteiger partial charge in [0, 0.05) is 11.0 Å². The number of carboxylic acid groups (broad SMARTS) is 1. The van der Waals surface area contributed by atoms with E-state index in [1.54, 1.807) is 0 Å².